The van der Waals surface area contributed by atoms with Crippen LogP contribution in [0.1, 0.15) is 19.3 Å². The molecule has 1 saturated carbocycles. The first-order valence-corrected chi connectivity index (χ1v) is 7.90. The van der Waals surface area contributed by atoms with Gasteiger partial charge in [-0.15, -0.1) is 12.4 Å². The Balaban J connectivity index is 0.00000220. The molecule has 0 aromatic heterocycles. The maximum atomic E-state index is 12.3. The van der Waals surface area contributed by atoms with Crippen molar-refractivity contribution in [3.05, 3.63) is 34.4 Å². The van der Waals surface area contributed by atoms with Gasteiger partial charge in [-0.25, -0.2) is 13.1 Å². The van der Waals surface area contributed by atoms with Crippen molar-refractivity contribution in [2.24, 2.45) is 11.7 Å². The number of nitrogens with one attached hydrogen (secondary N) is 1. The van der Waals surface area contributed by atoms with Crippen molar-refractivity contribution in [2.75, 3.05) is 6.54 Å². The van der Waals surface area contributed by atoms with Crippen LogP contribution in [0.3, 0.4) is 0 Å². The minimum Gasteiger partial charge on any atom is -0.330 e. The van der Waals surface area contributed by atoms with Gasteiger partial charge < -0.3 is 5.73 Å². The fourth-order valence-electron chi connectivity index (χ4n) is 2.57. The third-order valence-corrected chi connectivity index (χ3v) is 5.16. The van der Waals surface area contributed by atoms with Gasteiger partial charge in [0.25, 0.3) is 5.69 Å². The van der Waals surface area contributed by atoms with Crippen LogP contribution in [0.4, 0.5) is 5.69 Å². The van der Waals surface area contributed by atoms with Crippen molar-refractivity contribution >= 4 is 28.1 Å². The lowest BCUT2D eigenvalue weighted by atomic mass is 10.1. The van der Waals surface area contributed by atoms with Gasteiger partial charge in [0.05, 0.1) is 4.92 Å². The van der Waals surface area contributed by atoms with Crippen LogP contribution in [-0.4, -0.2) is 25.9 Å². The minimum atomic E-state index is -3.91. The first kappa shape index (κ1) is 17.8. The van der Waals surface area contributed by atoms with Gasteiger partial charge in [0.2, 0.25) is 10.0 Å². The highest BCUT2D eigenvalue weighted by Crippen LogP contribution is 2.28. The summed E-state index contributed by atoms with van der Waals surface area (Å²) >= 11 is 0. The Morgan fingerprint density at radius 3 is 2.62 bits per heavy atom. The Hall–Kier alpha value is -1.22. The lowest BCUT2D eigenvalue weighted by molar-refractivity contribution is -0.387. The van der Waals surface area contributed by atoms with Gasteiger partial charge in [0.15, 0.2) is 4.90 Å². The Morgan fingerprint density at radius 2 is 2.00 bits per heavy atom. The van der Waals surface area contributed by atoms with Crippen molar-refractivity contribution in [3.8, 4) is 0 Å². The smallest absolute Gasteiger partial charge is 0.289 e. The van der Waals surface area contributed by atoms with Crippen LogP contribution in [-0.2, 0) is 10.0 Å². The molecule has 2 unspecified atom stereocenters. The molecule has 2 rings (SSSR count). The molecule has 1 aromatic carbocycles. The van der Waals surface area contributed by atoms with Gasteiger partial charge >= 0.3 is 0 Å². The Labute approximate surface area is 129 Å². The summed E-state index contributed by atoms with van der Waals surface area (Å²) in [5.41, 5.74) is 5.20. The molecule has 0 amide bonds. The topological polar surface area (TPSA) is 115 Å². The summed E-state index contributed by atoms with van der Waals surface area (Å²) in [5, 5.41) is 10.9. The standard InChI is InChI=1S/C12H17N3O4S.ClH/c13-8-9-4-3-5-10(9)14-20(18,19)12-7-2-1-6-11(12)15(16)17;/h1-2,6-7,9-10,14H,3-5,8,13H2;1H. The molecule has 1 fully saturated rings. The van der Waals surface area contributed by atoms with Gasteiger partial charge in [-0.05, 0) is 31.4 Å². The molecule has 1 aliphatic rings. The van der Waals surface area contributed by atoms with E-state index in [9.17, 15) is 18.5 Å². The fourth-order valence-corrected chi connectivity index (χ4v) is 4.08. The zero-order chi connectivity index (χ0) is 14.8. The number of sulfonamides is 1. The Kier molecular flexibility index (Phi) is 6.09. The van der Waals surface area contributed by atoms with E-state index in [2.05, 4.69) is 4.72 Å². The van der Waals surface area contributed by atoms with E-state index in [0.717, 1.165) is 12.8 Å². The lowest BCUT2D eigenvalue weighted by Gasteiger charge is -2.19. The largest absolute Gasteiger partial charge is 0.330 e. The van der Waals surface area contributed by atoms with Crippen LogP contribution in [0.25, 0.3) is 0 Å². The molecule has 0 aliphatic heterocycles. The number of benzene rings is 1. The quantitative estimate of drug-likeness (QED) is 0.623. The highest BCUT2D eigenvalue weighted by molar-refractivity contribution is 7.89. The highest BCUT2D eigenvalue weighted by atomic mass is 35.5. The van der Waals surface area contributed by atoms with Crippen molar-refractivity contribution in [1.29, 1.82) is 0 Å². The number of hydrogen-bond donors (Lipinski definition) is 2. The molecule has 3 N–H and O–H groups in total. The monoisotopic (exact) mass is 335 g/mol. The van der Waals surface area contributed by atoms with E-state index < -0.39 is 20.6 Å². The lowest BCUT2D eigenvalue weighted by Crippen LogP contribution is -2.39. The average molecular weight is 336 g/mol. The molecule has 0 radical (unpaired) electrons. The molecule has 118 valence electrons. The number of halogens is 1. The molecule has 0 spiro atoms. The number of nitro groups is 1. The van der Waals surface area contributed by atoms with Crippen molar-refractivity contribution in [2.45, 2.75) is 30.2 Å². The third kappa shape index (κ3) is 3.91. The van der Waals surface area contributed by atoms with Gasteiger partial charge in [-0.2, -0.15) is 0 Å². The van der Waals surface area contributed by atoms with Crippen LogP contribution >= 0.6 is 12.4 Å². The second-order valence-electron chi connectivity index (χ2n) is 4.88. The molecule has 9 heteroatoms. The van der Waals surface area contributed by atoms with E-state index in [1.807, 2.05) is 0 Å². The molecule has 1 aromatic rings. The number of hydrogen-bond acceptors (Lipinski definition) is 5. The predicted octanol–water partition coefficient (Wildman–Crippen LogP) is 1.42. The molecule has 0 heterocycles. The molecular formula is C12H18ClN3O4S. The maximum absolute atomic E-state index is 12.3. The predicted molar refractivity (Wildman–Crippen MR) is 80.8 cm³/mol. The minimum absolute atomic E-state index is 0. The van der Waals surface area contributed by atoms with Crippen molar-refractivity contribution < 1.29 is 13.3 Å². The van der Waals surface area contributed by atoms with E-state index in [1.165, 1.54) is 24.3 Å². The normalized spacial score (nSPS) is 21.8. The van der Waals surface area contributed by atoms with Crippen LogP contribution in [0.5, 0.6) is 0 Å². The molecule has 21 heavy (non-hydrogen) atoms. The Bertz CT molecular complexity index is 608. The molecular weight excluding hydrogens is 318 g/mol. The molecule has 0 saturated heterocycles. The summed E-state index contributed by atoms with van der Waals surface area (Å²) in [6.45, 7) is 0.407. The third-order valence-electron chi connectivity index (χ3n) is 3.62. The van der Waals surface area contributed by atoms with Crippen LogP contribution in [0.15, 0.2) is 29.2 Å². The first-order valence-electron chi connectivity index (χ1n) is 6.41. The van der Waals surface area contributed by atoms with Crippen LogP contribution in [0.2, 0.25) is 0 Å². The SMILES string of the molecule is Cl.NCC1CCCC1NS(=O)(=O)c1ccccc1[N+](=O)[O-]. The summed E-state index contributed by atoms with van der Waals surface area (Å²) in [6.07, 6.45) is 2.49. The fraction of sp³-hybridized carbons (Fsp3) is 0.500. The molecule has 0 bridgehead atoms. The second-order valence-corrected chi connectivity index (χ2v) is 6.56. The number of rotatable bonds is 5. The second kappa shape index (κ2) is 7.17. The number of nitrogens with two attached hydrogens (primary N) is 1. The summed E-state index contributed by atoms with van der Waals surface area (Å²) in [7, 11) is -3.91. The zero-order valence-corrected chi connectivity index (χ0v) is 12.9. The van der Waals surface area contributed by atoms with E-state index in [4.69, 9.17) is 5.73 Å². The van der Waals surface area contributed by atoms with E-state index >= 15 is 0 Å². The van der Waals surface area contributed by atoms with E-state index in [-0.39, 0.29) is 29.3 Å². The van der Waals surface area contributed by atoms with Crippen LogP contribution in [0, 0.1) is 16.0 Å². The van der Waals surface area contributed by atoms with Gasteiger partial charge in [0.1, 0.15) is 0 Å². The number of nitrogens with zero attached hydrogens (tertiary/aromatic N) is 1. The molecule has 1 aliphatic carbocycles. The summed E-state index contributed by atoms with van der Waals surface area (Å²) in [4.78, 5) is 9.93. The number of para-hydroxylation sites is 1. The van der Waals surface area contributed by atoms with Gasteiger partial charge in [-0.1, -0.05) is 18.6 Å². The van der Waals surface area contributed by atoms with Crippen LogP contribution < -0.4 is 10.5 Å². The zero-order valence-electron chi connectivity index (χ0n) is 11.3. The van der Waals surface area contributed by atoms with Crippen molar-refractivity contribution in [3.63, 3.8) is 0 Å². The van der Waals surface area contributed by atoms with Gasteiger partial charge in [-0.3, -0.25) is 10.1 Å². The van der Waals surface area contributed by atoms with Gasteiger partial charge in [0, 0.05) is 12.1 Å². The first-order chi connectivity index (χ1) is 9.45. The van der Waals surface area contributed by atoms with Crippen molar-refractivity contribution in [1.82, 2.24) is 4.72 Å². The average Bonchev–Trinajstić information content (AvgIpc) is 2.85. The summed E-state index contributed by atoms with van der Waals surface area (Å²) in [6, 6.07) is 5.09. The van der Waals surface area contributed by atoms with E-state index in [0.29, 0.717) is 13.0 Å². The maximum Gasteiger partial charge on any atom is 0.289 e. The summed E-state index contributed by atoms with van der Waals surface area (Å²) in [5.74, 6) is 0.0903. The molecule has 7 nitrogen and oxygen atoms in total. The van der Waals surface area contributed by atoms with E-state index in [1.54, 1.807) is 0 Å². The Morgan fingerprint density at radius 1 is 1.33 bits per heavy atom. The summed E-state index contributed by atoms with van der Waals surface area (Å²) < 4.78 is 27.2. The molecule has 2 atom stereocenters. The highest BCUT2D eigenvalue weighted by Gasteiger charge is 2.33. The number of nitro benzene ring substituents is 1.